The standard InChI is InChI=1S/C22H17ClFN3O2S/c1-25-30(28,29)21-8-3-2-5-15(21)14-9-11-19-20(13-14)27-22(26-19)12-10-16-17(23)6-4-7-18(16)24/h2-13,25H,1H3,(H,26,27)/b12-10+. The maximum atomic E-state index is 13.9. The number of rotatable bonds is 5. The summed E-state index contributed by atoms with van der Waals surface area (Å²) in [5.41, 5.74) is 3.00. The molecule has 0 aliphatic heterocycles. The molecule has 1 aromatic heterocycles. The molecule has 5 nitrogen and oxygen atoms in total. The number of nitrogens with one attached hydrogen (secondary N) is 2. The number of benzene rings is 3. The van der Waals surface area contributed by atoms with Crippen molar-refractivity contribution in [3.05, 3.63) is 82.9 Å². The first-order chi connectivity index (χ1) is 14.4. The van der Waals surface area contributed by atoms with E-state index in [4.69, 9.17) is 11.6 Å². The summed E-state index contributed by atoms with van der Waals surface area (Å²) in [6.45, 7) is 0. The molecule has 2 N–H and O–H groups in total. The predicted octanol–water partition coefficient (Wildman–Crippen LogP) is 5.10. The van der Waals surface area contributed by atoms with Gasteiger partial charge in [0, 0.05) is 11.1 Å². The van der Waals surface area contributed by atoms with Crippen molar-refractivity contribution >= 4 is 44.8 Å². The average Bonchev–Trinajstić information content (AvgIpc) is 3.15. The quantitative estimate of drug-likeness (QED) is 0.452. The Bertz CT molecular complexity index is 1360. The second-order valence-corrected chi connectivity index (χ2v) is 8.79. The molecule has 0 fully saturated rings. The van der Waals surface area contributed by atoms with E-state index < -0.39 is 15.8 Å². The van der Waals surface area contributed by atoms with Gasteiger partial charge in [0.15, 0.2) is 0 Å². The van der Waals surface area contributed by atoms with Gasteiger partial charge in [-0.3, -0.25) is 0 Å². The van der Waals surface area contributed by atoms with Crippen LogP contribution in [-0.4, -0.2) is 25.4 Å². The molecule has 0 aliphatic carbocycles. The summed E-state index contributed by atoms with van der Waals surface area (Å²) in [5, 5.41) is 0.312. The first kappa shape index (κ1) is 20.3. The molecule has 0 unspecified atom stereocenters. The number of halogens is 2. The Morgan fingerprint density at radius 1 is 1.07 bits per heavy atom. The SMILES string of the molecule is CNS(=O)(=O)c1ccccc1-c1ccc2[nH]c(/C=C/c3c(F)cccc3Cl)nc2c1. The molecule has 4 rings (SSSR count). The van der Waals surface area contributed by atoms with Crippen molar-refractivity contribution in [3.8, 4) is 11.1 Å². The third-order valence-corrected chi connectivity index (χ3v) is 6.47. The zero-order chi connectivity index (χ0) is 21.3. The molecule has 0 amide bonds. The number of hydrogen-bond donors (Lipinski definition) is 2. The van der Waals surface area contributed by atoms with Crippen LogP contribution in [0.1, 0.15) is 11.4 Å². The van der Waals surface area contributed by atoms with E-state index in [-0.39, 0.29) is 10.5 Å². The van der Waals surface area contributed by atoms with E-state index in [1.807, 2.05) is 18.2 Å². The van der Waals surface area contributed by atoms with E-state index in [1.54, 1.807) is 48.6 Å². The lowest BCUT2D eigenvalue weighted by Gasteiger charge is -2.09. The molecule has 1 heterocycles. The molecule has 0 atom stereocenters. The molecule has 30 heavy (non-hydrogen) atoms. The van der Waals surface area contributed by atoms with Crippen molar-refractivity contribution < 1.29 is 12.8 Å². The minimum Gasteiger partial charge on any atom is -0.338 e. The smallest absolute Gasteiger partial charge is 0.240 e. The van der Waals surface area contributed by atoms with Crippen LogP contribution in [0.25, 0.3) is 34.3 Å². The highest BCUT2D eigenvalue weighted by molar-refractivity contribution is 7.89. The van der Waals surface area contributed by atoms with Crippen LogP contribution in [0, 0.1) is 5.82 Å². The summed E-state index contributed by atoms with van der Waals surface area (Å²) in [6.07, 6.45) is 3.20. The van der Waals surface area contributed by atoms with Crippen molar-refractivity contribution in [2.75, 3.05) is 7.05 Å². The zero-order valence-electron chi connectivity index (χ0n) is 15.9. The van der Waals surface area contributed by atoms with Crippen LogP contribution in [0.4, 0.5) is 4.39 Å². The number of imidazole rings is 1. The molecule has 0 bridgehead atoms. The molecule has 0 radical (unpaired) electrons. The van der Waals surface area contributed by atoms with Crippen LogP contribution in [-0.2, 0) is 10.0 Å². The Balaban J connectivity index is 1.74. The zero-order valence-corrected chi connectivity index (χ0v) is 17.4. The highest BCUT2D eigenvalue weighted by Crippen LogP contribution is 2.29. The Morgan fingerprint density at radius 3 is 2.63 bits per heavy atom. The van der Waals surface area contributed by atoms with Crippen molar-refractivity contribution in [1.29, 1.82) is 0 Å². The molecule has 152 valence electrons. The average molecular weight is 442 g/mol. The number of aromatic amines is 1. The first-order valence-corrected chi connectivity index (χ1v) is 10.9. The van der Waals surface area contributed by atoms with Crippen molar-refractivity contribution in [3.63, 3.8) is 0 Å². The van der Waals surface area contributed by atoms with E-state index in [2.05, 4.69) is 14.7 Å². The van der Waals surface area contributed by atoms with Crippen molar-refractivity contribution in [1.82, 2.24) is 14.7 Å². The van der Waals surface area contributed by atoms with E-state index in [0.717, 1.165) is 11.1 Å². The number of nitrogens with zero attached hydrogens (tertiary/aromatic N) is 1. The summed E-state index contributed by atoms with van der Waals surface area (Å²) in [4.78, 5) is 7.85. The normalized spacial score (nSPS) is 12.1. The Kier molecular flexibility index (Phi) is 5.42. The highest BCUT2D eigenvalue weighted by Gasteiger charge is 2.17. The molecule has 4 aromatic rings. The maximum absolute atomic E-state index is 13.9. The second kappa shape index (κ2) is 8.02. The summed E-state index contributed by atoms with van der Waals surface area (Å²) in [5.74, 6) is 0.108. The predicted molar refractivity (Wildman–Crippen MR) is 118 cm³/mol. The summed E-state index contributed by atoms with van der Waals surface area (Å²) < 4.78 is 41.0. The Hall–Kier alpha value is -3.00. The van der Waals surface area contributed by atoms with Gasteiger partial charge in [0.05, 0.1) is 21.0 Å². The highest BCUT2D eigenvalue weighted by atomic mass is 35.5. The fourth-order valence-corrected chi connectivity index (χ4v) is 4.33. The van der Waals surface area contributed by atoms with E-state index in [1.165, 1.54) is 13.1 Å². The molecule has 0 saturated heterocycles. The van der Waals surface area contributed by atoms with E-state index in [0.29, 0.717) is 21.9 Å². The number of aromatic nitrogens is 2. The van der Waals surface area contributed by atoms with Gasteiger partial charge in [-0.05, 0) is 55.1 Å². The van der Waals surface area contributed by atoms with E-state index >= 15 is 0 Å². The van der Waals surface area contributed by atoms with Crippen LogP contribution in [0.5, 0.6) is 0 Å². The third kappa shape index (κ3) is 3.87. The summed E-state index contributed by atoms with van der Waals surface area (Å²) in [7, 11) is -2.23. The lowest BCUT2D eigenvalue weighted by molar-refractivity contribution is 0.588. The minimum absolute atomic E-state index is 0.191. The van der Waals surface area contributed by atoms with Gasteiger partial charge in [0.2, 0.25) is 10.0 Å². The van der Waals surface area contributed by atoms with Gasteiger partial charge >= 0.3 is 0 Å². The van der Waals surface area contributed by atoms with Crippen LogP contribution in [0.15, 0.2) is 65.6 Å². The minimum atomic E-state index is -3.61. The van der Waals surface area contributed by atoms with Crippen molar-refractivity contribution in [2.45, 2.75) is 4.90 Å². The lowest BCUT2D eigenvalue weighted by atomic mass is 10.1. The van der Waals surface area contributed by atoms with Crippen LogP contribution < -0.4 is 4.72 Å². The number of H-pyrrole nitrogens is 1. The maximum Gasteiger partial charge on any atom is 0.240 e. The number of fused-ring (bicyclic) bond motifs is 1. The molecular formula is C22H17ClFN3O2S. The molecule has 8 heteroatoms. The molecule has 0 saturated carbocycles. The van der Waals surface area contributed by atoms with Gasteiger partial charge in [0.1, 0.15) is 11.6 Å². The largest absolute Gasteiger partial charge is 0.338 e. The number of hydrogen-bond acceptors (Lipinski definition) is 3. The lowest BCUT2D eigenvalue weighted by Crippen LogP contribution is -2.19. The Labute approximate surface area is 178 Å². The fourth-order valence-electron chi connectivity index (χ4n) is 3.15. The topological polar surface area (TPSA) is 74.8 Å². The van der Waals surface area contributed by atoms with Crippen LogP contribution in [0.2, 0.25) is 5.02 Å². The third-order valence-electron chi connectivity index (χ3n) is 4.67. The van der Waals surface area contributed by atoms with Crippen molar-refractivity contribution in [2.24, 2.45) is 0 Å². The number of sulfonamides is 1. The summed E-state index contributed by atoms with van der Waals surface area (Å²) >= 11 is 6.05. The molecular weight excluding hydrogens is 425 g/mol. The van der Waals surface area contributed by atoms with Gasteiger partial charge in [-0.15, -0.1) is 0 Å². The molecule has 3 aromatic carbocycles. The first-order valence-electron chi connectivity index (χ1n) is 9.04. The fraction of sp³-hybridized carbons (Fsp3) is 0.0455. The second-order valence-electron chi connectivity index (χ2n) is 6.53. The van der Waals surface area contributed by atoms with Crippen LogP contribution >= 0.6 is 11.6 Å². The van der Waals surface area contributed by atoms with Gasteiger partial charge in [-0.25, -0.2) is 22.5 Å². The van der Waals surface area contributed by atoms with Gasteiger partial charge in [-0.1, -0.05) is 41.9 Å². The van der Waals surface area contributed by atoms with Crippen LogP contribution in [0.3, 0.4) is 0 Å². The van der Waals surface area contributed by atoms with Gasteiger partial charge in [-0.2, -0.15) is 0 Å². The Morgan fingerprint density at radius 2 is 1.87 bits per heavy atom. The summed E-state index contributed by atoms with van der Waals surface area (Å²) in [6, 6.07) is 16.7. The molecule has 0 aliphatic rings. The monoisotopic (exact) mass is 441 g/mol. The van der Waals surface area contributed by atoms with Gasteiger partial charge in [0.25, 0.3) is 0 Å². The van der Waals surface area contributed by atoms with E-state index in [9.17, 15) is 12.8 Å². The van der Waals surface area contributed by atoms with Gasteiger partial charge < -0.3 is 4.98 Å². The molecule has 0 spiro atoms.